The van der Waals surface area contributed by atoms with Gasteiger partial charge in [0.05, 0.1) is 12.7 Å². The number of hydrazine groups is 1. The zero-order valence-electron chi connectivity index (χ0n) is 9.86. The Morgan fingerprint density at radius 3 is 2.69 bits per heavy atom. The number of anilines is 1. The number of methoxy groups -OCH3 is 1. The van der Waals surface area contributed by atoms with Gasteiger partial charge in [0.2, 0.25) is 5.88 Å². The van der Waals surface area contributed by atoms with Crippen molar-refractivity contribution in [3.63, 3.8) is 0 Å². The molecule has 0 aliphatic carbocycles. The molecule has 0 unspecified atom stereocenters. The average molecular weight is 222 g/mol. The van der Waals surface area contributed by atoms with Crippen molar-refractivity contribution in [2.45, 2.75) is 26.2 Å². The van der Waals surface area contributed by atoms with E-state index in [9.17, 15) is 0 Å². The molecule has 0 saturated carbocycles. The Morgan fingerprint density at radius 2 is 2.00 bits per heavy atom. The van der Waals surface area contributed by atoms with Gasteiger partial charge < -0.3 is 10.2 Å². The monoisotopic (exact) mass is 222 g/mol. The van der Waals surface area contributed by atoms with Crippen molar-refractivity contribution >= 4 is 5.82 Å². The molecule has 1 fully saturated rings. The number of nitrogens with zero attached hydrogens (tertiary/aromatic N) is 3. The standard InChI is InChI=1S/C11H18N4O/c1-9-10(12-8-13-11(9)16-2)14-15-6-4-3-5-7-15/h8H,3-7H2,1-2H3,(H,12,13,14). The second-order valence-corrected chi connectivity index (χ2v) is 4.02. The minimum absolute atomic E-state index is 0.634. The number of hydrogen-bond donors (Lipinski definition) is 1. The summed E-state index contributed by atoms with van der Waals surface area (Å²) < 4.78 is 5.17. The summed E-state index contributed by atoms with van der Waals surface area (Å²) in [4.78, 5) is 8.30. The molecule has 0 amide bonds. The number of hydrogen-bond acceptors (Lipinski definition) is 5. The smallest absolute Gasteiger partial charge is 0.221 e. The van der Waals surface area contributed by atoms with Gasteiger partial charge in [0.1, 0.15) is 6.33 Å². The van der Waals surface area contributed by atoms with E-state index >= 15 is 0 Å². The highest BCUT2D eigenvalue weighted by Crippen LogP contribution is 2.21. The summed E-state index contributed by atoms with van der Waals surface area (Å²) in [7, 11) is 1.63. The molecule has 0 bridgehead atoms. The number of aromatic nitrogens is 2. The van der Waals surface area contributed by atoms with Gasteiger partial charge in [-0.15, -0.1) is 0 Å². The van der Waals surface area contributed by atoms with Gasteiger partial charge in [-0.05, 0) is 19.8 Å². The van der Waals surface area contributed by atoms with Crippen molar-refractivity contribution < 1.29 is 4.74 Å². The first-order valence-corrected chi connectivity index (χ1v) is 5.68. The zero-order valence-corrected chi connectivity index (χ0v) is 9.86. The summed E-state index contributed by atoms with van der Waals surface area (Å²) in [5, 5.41) is 2.21. The number of ether oxygens (including phenoxy) is 1. The number of nitrogens with one attached hydrogen (secondary N) is 1. The Hall–Kier alpha value is -1.36. The lowest BCUT2D eigenvalue weighted by Gasteiger charge is -2.27. The third-order valence-electron chi connectivity index (χ3n) is 2.85. The van der Waals surface area contributed by atoms with Crippen molar-refractivity contribution in [2.75, 3.05) is 25.6 Å². The second-order valence-electron chi connectivity index (χ2n) is 4.02. The van der Waals surface area contributed by atoms with Gasteiger partial charge in [-0.3, -0.25) is 0 Å². The molecule has 5 heteroatoms. The maximum absolute atomic E-state index is 5.17. The molecule has 1 aliphatic rings. The van der Waals surface area contributed by atoms with Crippen LogP contribution in [0.5, 0.6) is 5.88 Å². The van der Waals surface area contributed by atoms with Crippen molar-refractivity contribution in [3.8, 4) is 5.88 Å². The van der Waals surface area contributed by atoms with Crippen LogP contribution in [0.2, 0.25) is 0 Å². The molecular formula is C11H18N4O. The topological polar surface area (TPSA) is 50.3 Å². The molecule has 88 valence electrons. The number of rotatable bonds is 3. The lowest BCUT2D eigenvalue weighted by Crippen LogP contribution is -2.35. The van der Waals surface area contributed by atoms with Crippen LogP contribution in [0.3, 0.4) is 0 Å². The summed E-state index contributed by atoms with van der Waals surface area (Å²) in [6.07, 6.45) is 5.34. The maximum Gasteiger partial charge on any atom is 0.221 e. The summed E-state index contributed by atoms with van der Waals surface area (Å²) >= 11 is 0. The van der Waals surface area contributed by atoms with Crippen LogP contribution in [-0.4, -0.2) is 35.2 Å². The minimum atomic E-state index is 0.634. The first-order valence-electron chi connectivity index (χ1n) is 5.68. The summed E-state index contributed by atoms with van der Waals surface area (Å²) in [6.45, 7) is 4.11. The van der Waals surface area contributed by atoms with E-state index in [2.05, 4.69) is 20.4 Å². The molecule has 2 heterocycles. The van der Waals surface area contributed by atoms with Gasteiger partial charge >= 0.3 is 0 Å². The third-order valence-corrected chi connectivity index (χ3v) is 2.85. The summed E-state index contributed by atoms with van der Waals surface area (Å²) in [6, 6.07) is 0. The first-order chi connectivity index (χ1) is 7.81. The Morgan fingerprint density at radius 1 is 1.25 bits per heavy atom. The van der Waals surface area contributed by atoms with Crippen molar-refractivity contribution in [1.29, 1.82) is 0 Å². The second kappa shape index (κ2) is 5.12. The molecule has 2 rings (SSSR count). The fourth-order valence-electron chi connectivity index (χ4n) is 1.91. The predicted molar refractivity (Wildman–Crippen MR) is 62.4 cm³/mol. The Labute approximate surface area is 95.8 Å². The fourth-order valence-corrected chi connectivity index (χ4v) is 1.91. The highest BCUT2D eigenvalue weighted by atomic mass is 16.5. The first kappa shape index (κ1) is 11.1. The van der Waals surface area contributed by atoms with E-state index < -0.39 is 0 Å². The van der Waals surface area contributed by atoms with E-state index in [1.165, 1.54) is 25.6 Å². The van der Waals surface area contributed by atoms with Gasteiger partial charge in [0.15, 0.2) is 5.82 Å². The molecule has 1 aromatic heterocycles. The predicted octanol–water partition coefficient (Wildman–Crippen LogP) is 1.61. The zero-order chi connectivity index (χ0) is 11.4. The quantitative estimate of drug-likeness (QED) is 0.842. The van der Waals surface area contributed by atoms with E-state index in [4.69, 9.17) is 4.74 Å². The molecule has 1 saturated heterocycles. The van der Waals surface area contributed by atoms with E-state index in [0.29, 0.717) is 5.88 Å². The van der Waals surface area contributed by atoms with Gasteiger partial charge in [0.25, 0.3) is 0 Å². The molecule has 5 nitrogen and oxygen atoms in total. The van der Waals surface area contributed by atoms with E-state index in [-0.39, 0.29) is 0 Å². The van der Waals surface area contributed by atoms with E-state index in [1.54, 1.807) is 7.11 Å². The van der Waals surface area contributed by atoms with Crippen LogP contribution in [-0.2, 0) is 0 Å². The van der Waals surface area contributed by atoms with Gasteiger partial charge in [-0.2, -0.15) is 0 Å². The number of piperidine rings is 1. The van der Waals surface area contributed by atoms with Crippen LogP contribution in [0.25, 0.3) is 0 Å². The molecule has 16 heavy (non-hydrogen) atoms. The Balaban J connectivity index is 2.08. The Bertz CT molecular complexity index is 350. The lowest BCUT2D eigenvalue weighted by atomic mass is 10.2. The molecule has 0 aromatic carbocycles. The van der Waals surface area contributed by atoms with Crippen LogP contribution in [0, 0.1) is 6.92 Å². The molecule has 0 atom stereocenters. The average Bonchev–Trinajstić information content (AvgIpc) is 2.33. The van der Waals surface area contributed by atoms with Crippen LogP contribution in [0.15, 0.2) is 6.33 Å². The van der Waals surface area contributed by atoms with Crippen LogP contribution < -0.4 is 10.2 Å². The molecule has 1 aromatic rings. The molecule has 0 spiro atoms. The van der Waals surface area contributed by atoms with E-state index in [1.807, 2.05) is 6.92 Å². The largest absolute Gasteiger partial charge is 0.481 e. The summed E-state index contributed by atoms with van der Waals surface area (Å²) in [5.74, 6) is 1.48. The molecule has 0 radical (unpaired) electrons. The minimum Gasteiger partial charge on any atom is -0.481 e. The lowest BCUT2D eigenvalue weighted by molar-refractivity contribution is 0.271. The highest BCUT2D eigenvalue weighted by molar-refractivity contribution is 5.46. The van der Waals surface area contributed by atoms with Crippen LogP contribution in [0.4, 0.5) is 5.82 Å². The van der Waals surface area contributed by atoms with Gasteiger partial charge in [-0.25, -0.2) is 15.0 Å². The summed E-state index contributed by atoms with van der Waals surface area (Å²) in [5.41, 5.74) is 4.28. The molecule has 1 N–H and O–H groups in total. The van der Waals surface area contributed by atoms with E-state index in [0.717, 1.165) is 24.5 Å². The fraction of sp³-hybridized carbons (Fsp3) is 0.636. The van der Waals surface area contributed by atoms with Crippen molar-refractivity contribution in [1.82, 2.24) is 15.0 Å². The van der Waals surface area contributed by atoms with Crippen molar-refractivity contribution in [3.05, 3.63) is 11.9 Å². The molecular weight excluding hydrogens is 204 g/mol. The van der Waals surface area contributed by atoms with Crippen molar-refractivity contribution in [2.24, 2.45) is 0 Å². The maximum atomic E-state index is 5.17. The SMILES string of the molecule is COc1ncnc(NN2CCCCC2)c1C. The Kier molecular flexibility index (Phi) is 3.56. The molecule has 1 aliphatic heterocycles. The van der Waals surface area contributed by atoms with Crippen LogP contribution in [0.1, 0.15) is 24.8 Å². The third kappa shape index (κ3) is 2.41. The van der Waals surface area contributed by atoms with Gasteiger partial charge in [0, 0.05) is 13.1 Å². The van der Waals surface area contributed by atoms with Crippen LogP contribution >= 0.6 is 0 Å². The van der Waals surface area contributed by atoms with Gasteiger partial charge in [-0.1, -0.05) is 6.42 Å². The highest BCUT2D eigenvalue weighted by Gasteiger charge is 2.13. The normalized spacial score (nSPS) is 17.1.